The summed E-state index contributed by atoms with van der Waals surface area (Å²) in [5, 5.41) is 14.4. The normalized spacial score (nSPS) is 20.4. The van der Waals surface area contributed by atoms with Gasteiger partial charge in [0.2, 0.25) is 5.91 Å². The Balaban J connectivity index is 2.20. The number of nitrogens with zero attached hydrogens (tertiary/aromatic N) is 1. The molecule has 2 N–H and O–H groups in total. The second-order valence-electron chi connectivity index (χ2n) is 9.40. The van der Waals surface area contributed by atoms with Gasteiger partial charge in [-0.2, -0.15) is 5.26 Å². The molecule has 8 nitrogen and oxygen atoms in total. The van der Waals surface area contributed by atoms with Crippen LogP contribution < -0.4 is 10.6 Å². The maximum atomic E-state index is 13.3. The van der Waals surface area contributed by atoms with Crippen LogP contribution in [0.1, 0.15) is 52.2 Å². The van der Waals surface area contributed by atoms with Gasteiger partial charge in [0.25, 0.3) is 5.91 Å². The number of carbonyl (C=O) groups is 3. The number of amides is 2. The molecule has 0 aliphatic carbocycles. The number of hydrogen-bond donors (Lipinski definition) is 2. The zero-order valence-corrected chi connectivity index (χ0v) is 19.7. The first-order valence-electron chi connectivity index (χ1n) is 10.7. The molecule has 0 saturated carbocycles. The molecule has 1 aliphatic rings. The molecule has 1 saturated heterocycles. The van der Waals surface area contributed by atoms with Gasteiger partial charge < -0.3 is 20.1 Å². The molecule has 32 heavy (non-hydrogen) atoms. The van der Waals surface area contributed by atoms with Gasteiger partial charge >= 0.3 is 0 Å². The highest BCUT2D eigenvalue weighted by Gasteiger charge is 2.49. The monoisotopic (exact) mass is 443 g/mol. The summed E-state index contributed by atoms with van der Waals surface area (Å²) < 4.78 is 11.2. The first-order chi connectivity index (χ1) is 14.9. The van der Waals surface area contributed by atoms with E-state index in [0.29, 0.717) is 18.6 Å². The van der Waals surface area contributed by atoms with E-state index in [1.165, 1.54) is 7.05 Å². The zero-order valence-electron chi connectivity index (χ0n) is 19.7. The number of hydrogen-bond acceptors (Lipinski definition) is 6. The molecule has 0 radical (unpaired) electrons. The Morgan fingerprint density at radius 1 is 1.25 bits per heavy atom. The first-order valence-corrected chi connectivity index (χ1v) is 10.7. The molecular weight excluding hydrogens is 410 g/mol. The lowest BCUT2D eigenvalue weighted by molar-refractivity contribution is -0.139. The molecule has 0 aromatic heterocycles. The van der Waals surface area contributed by atoms with Gasteiger partial charge in [-0.15, -0.1) is 0 Å². The van der Waals surface area contributed by atoms with Crippen molar-refractivity contribution in [2.75, 3.05) is 13.7 Å². The Morgan fingerprint density at radius 2 is 1.84 bits per heavy atom. The summed E-state index contributed by atoms with van der Waals surface area (Å²) in [7, 11) is 1.52. The van der Waals surface area contributed by atoms with E-state index in [2.05, 4.69) is 16.7 Å². The van der Waals surface area contributed by atoms with Crippen LogP contribution in [0, 0.1) is 17.2 Å². The van der Waals surface area contributed by atoms with Crippen LogP contribution in [0.4, 0.5) is 0 Å². The van der Waals surface area contributed by atoms with E-state index < -0.39 is 29.3 Å². The van der Waals surface area contributed by atoms with Crippen LogP contribution in [0.3, 0.4) is 0 Å². The predicted molar refractivity (Wildman–Crippen MR) is 119 cm³/mol. The number of ether oxygens (including phenoxy) is 2. The minimum absolute atomic E-state index is 0.0694. The highest BCUT2D eigenvalue weighted by molar-refractivity contribution is 5.95. The van der Waals surface area contributed by atoms with E-state index in [-0.39, 0.29) is 24.0 Å². The minimum atomic E-state index is -0.928. The summed E-state index contributed by atoms with van der Waals surface area (Å²) in [6.45, 7) is 9.31. The minimum Gasteiger partial charge on any atom is -0.370 e. The van der Waals surface area contributed by atoms with Gasteiger partial charge in [-0.3, -0.25) is 14.4 Å². The van der Waals surface area contributed by atoms with E-state index in [4.69, 9.17) is 14.7 Å². The number of benzene rings is 1. The third-order valence-electron chi connectivity index (χ3n) is 5.33. The van der Waals surface area contributed by atoms with Crippen molar-refractivity contribution in [3.05, 3.63) is 35.4 Å². The van der Waals surface area contributed by atoms with Gasteiger partial charge in [0, 0.05) is 19.4 Å². The molecule has 0 unspecified atom stereocenters. The fourth-order valence-corrected chi connectivity index (χ4v) is 3.45. The van der Waals surface area contributed by atoms with Crippen molar-refractivity contribution in [2.24, 2.45) is 5.92 Å². The van der Waals surface area contributed by atoms with Gasteiger partial charge in [-0.25, -0.2) is 0 Å². The van der Waals surface area contributed by atoms with Crippen molar-refractivity contribution in [1.29, 1.82) is 5.26 Å². The maximum absolute atomic E-state index is 13.3. The summed E-state index contributed by atoms with van der Waals surface area (Å²) >= 11 is 0. The van der Waals surface area contributed by atoms with Crippen molar-refractivity contribution in [2.45, 2.75) is 70.8 Å². The van der Waals surface area contributed by atoms with Crippen LogP contribution in [0.2, 0.25) is 0 Å². The molecule has 1 fully saturated rings. The average Bonchev–Trinajstić information content (AvgIpc) is 3.48. The molecule has 1 aromatic rings. The second kappa shape index (κ2) is 10.2. The van der Waals surface area contributed by atoms with Gasteiger partial charge in [-0.1, -0.05) is 12.1 Å². The van der Waals surface area contributed by atoms with Gasteiger partial charge in [-0.05, 0) is 58.7 Å². The molecule has 1 aromatic carbocycles. The molecule has 8 heteroatoms. The number of ketones is 1. The highest BCUT2D eigenvalue weighted by Crippen LogP contribution is 2.27. The predicted octanol–water partition coefficient (Wildman–Crippen LogP) is 1.90. The largest absolute Gasteiger partial charge is 0.370 e. The third-order valence-corrected chi connectivity index (χ3v) is 5.33. The molecule has 2 amide bonds. The summed E-state index contributed by atoms with van der Waals surface area (Å²) in [6, 6.07) is 8.04. The van der Waals surface area contributed by atoms with E-state index >= 15 is 0 Å². The Hall–Kier alpha value is -2.76. The van der Waals surface area contributed by atoms with Crippen LogP contribution in [0.5, 0.6) is 0 Å². The number of epoxide rings is 1. The van der Waals surface area contributed by atoms with Crippen LogP contribution in [-0.2, 0) is 30.3 Å². The first kappa shape index (κ1) is 25.5. The van der Waals surface area contributed by atoms with Crippen molar-refractivity contribution in [1.82, 2.24) is 10.6 Å². The summed E-state index contributed by atoms with van der Waals surface area (Å²) in [4.78, 5) is 38.4. The fraction of sp³-hybridized carbons (Fsp3) is 0.583. The molecule has 174 valence electrons. The Bertz CT molecular complexity index is 878. The lowest BCUT2D eigenvalue weighted by Crippen LogP contribution is -2.54. The molecule has 0 bridgehead atoms. The topological polar surface area (TPSA) is 121 Å². The number of nitrogens with one attached hydrogen (secondary N) is 2. The summed E-state index contributed by atoms with van der Waals surface area (Å²) in [5.74, 6) is -1.56. The molecule has 2 rings (SSSR count). The van der Waals surface area contributed by atoms with E-state index in [1.807, 2.05) is 20.8 Å². The molecule has 1 aliphatic heterocycles. The summed E-state index contributed by atoms with van der Waals surface area (Å²) in [5.41, 5.74) is -0.0921. The van der Waals surface area contributed by atoms with E-state index in [1.54, 1.807) is 38.1 Å². The molecule has 4 atom stereocenters. The third kappa shape index (κ3) is 7.14. The van der Waals surface area contributed by atoms with Crippen molar-refractivity contribution < 1.29 is 23.9 Å². The number of nitriles is 1. The van der Waals surface area contributed by atoms with Crippen LogP contribution in [0.15, 0.2) is 24.3 Å². The quantitative estimate of drug-likeness (QED) is 0.533. The van der Waals surface area contributed by atoms with Gasteiger partial charge in [0.05, 0.1) is 29.9 Å². The summed E-state index contributed by atoms with van der Waals surface area (Å²) in [6.07, 6.45) is -0.346. The van der Waals surface area contributed by atoms with Crippen LogP contribution in [0.25, 0.3) is 0 Å². The maximum Gasteiger partial charge on any atom is 0.255 e. The fourth-order valence-electron chi connectivity index (χ4n) is 3.45. The molecule has 0 spiro atoms. The Labute approximate surface area is 189 Å². The van der Waals surface area contributed by atoms with E-state index in [0.717, 1.165) is 5.56 Å². The van der Waals surface area contributed by atoms with Crippen molar-refractivity contribution in [3.8, 4) is 6.07 Å². The smallest absolute Gasteiger partial charge is 0.255 e. The SMILES string of the molecule is CNC(=O)[C@H](CC(=O)[C@@H](NC(=O)[C@]1(C)CO1)[C@@H](C)OC(C)(C)C)Cc1ccc(C#N)cc1. The van der Waals surface area contributed by atoms with Crippen LogP contribution in [-0.4, -0.2) is 54.6 Å². The Kier molecular flexibility index (Phi) is 8.16. The van der Waals surface area contributed by atoms with Crippen molar-refractivity contribution in [3.63, 3.8) is 0 Å². The lowest BCUT2D eigenvalue weighted by Gasteiger charge is -2.31. The average molecular weight is 444 g/mol. The number of rotatable bonds is 10. The molecular formula is C24H33N3O5. The van der Waals surface area contributed by atoms with Gasteiger partial charge in [0.1, 0.15) is 6.04 Å². The number of carbonyl (C=O) groups excluding carboxylic acids is 3. The van der Waals surface area contributed by atoms with Gasteiger partial charge in [0.15, 0.2) is 11.4 Å². The zero-order chi connectivity index (χ0) is 24.1. The van der Waals surface area contributed by atoms with E-state index in [9.17, 15) is 14.4 Å². The lowest BCUT2D eigenvalue weighted by atomic mass is 9.89. The number of Topliss-reactive ketones (excluding diaryl/α,β-unsaturated/α-hetero) is 1. The van der Waals surface area contributed by atoms with Crippen molar-refractivity contribution >= 4 is 17.6 Å². The Morgan fingerprint density at radius 3 is 2.31 bits per heavy atom. The second-order valence-corrected chi connectivity index (χ2v) is 9.40. The molecule has 1 heterocycles. The highest BCUT2D eigenvalue weighted by atomic mass is 16.6. The standard InChI is InChI=1S/C24H33N3O5/c1-15(32-23(2,3)4)20(27-22(30)24(5)14-31-24)19(28)12-18(21(29)26-6)11-16-7-9-17(13-25)10-8-16/h7-10,15,18,20H,11-12,14H2,1-6H3,(H,26,29)(H,27,30)/t15-,18+,20+,24+/m1/s1. The van der Waals surface area contributed by atoms with Crippen LogP contribution >= 0.6 is 0 Å².